The maximum absolute atomic E-state index is 6.11. The molecule has 16 heavy (non-hydrogen) atoms. The molecule has 2 heteroatoms. The van der Waals surface area contributed by atoms with Crippen molar-refractivity contribution in [1.29, 1.82) is 0 Å². The molecule has 1 unspecified atom stereocenters. The molecule has 1 aliphatic carbocycles. The van der Waals surface area contributed by atoms with Gasteiger partial charge in [0.25, 0.3) is 0 Å². The van der Waals surface area contributed by atoms with Crippen LogP contribution in [0.3, 0.4) is 0 Å². The van der Waals surface area contributed by atoms with Gasteiger partial charge in [0, 0.05) is 12.6 Å². The van der Waals surface area contributed by atoms with Gasteiger partial charge in [-0.2, -0.15) is 0 Å². The number of hydrogen-bond acceptors (Lipinski definition) is 2. The second-order valence-electron chi connectivity index (χ2n) is 6.96. The molecule has 1 N–H and O–H groups in total. The van der Waals surface area contributed by atoms with Gasteiger partial charge in [0.05, 0.1) is 11.2 Å². The van der Waals surface area contributed by atoms with Crippen molar-refractivity contribution in [3.63, 3.8) is 0 Å². The van der Waals surface area contributed by atoms with Crippen LogP contribution in [0.2, 0.25) is 0 Å². The zero-order valence-electron chi connectivity index (χ0n) is 11.5. The lowest BCUT2D eigenvalue weighted by atomic mass is 9.93. The van der Waals surface area contributed by atoms with Crippen LogP contribution < -0.4 is 5.32 Å². The Morgan fingerprint density at radius 2 is 1.81 bits per heavy atom. The molecule has 0 radical (unpaired) electrons. The van der Waals surface area contributed by atoms with E-state index in [2.05, 4.69) is 39.9 Å². The molecular weight excluding hydrogens is 198 g/mol. The highest BCUT2D eigenvalue weighted by molar-refractivity contribution is 5.01. The Hall–Kier alpha value is -0.0800. The highest BCUT2D eigenvalue weighted by atomic mass is 16.5. The van der Waals surface area contributed by atoms with Gasteiger partial charge in [-0.1, -0.05) is 6.92 Å². The van der Waals surface area contributed by atoms with Gasteiger partial charge >= 0.3 is 0 Å². The van der Waals surface area contributed by atoms with E-state index in [1.807, 2.05) is 0 Å². The van der Waals surface area contributed by atoms with Gasteiger partial charge in [-0.05, 0) is 58.8 Å². The van der Waals surface area contributed by atoms with Crippen LogP contribution in [-0.2, 0) is 4.74 Å². The molecule has 0 aromatic rings. The minimum absolute atomic E-state index is 0.0205. The molecule has 1 aliphatic heterocycles. The van der Waals surface area contributed by atoms with Gasteiger partial charge in [0.2, 0.25) is 0 Å². The summed E-state index contributed by atoms with van der Waals surface area (Å²) in [7, 11) is 0. The first-order valence-corrected chi connectivity index (χ1v) is 6.72. The van der Waals surface area contributed by atoms with E-state index in [-0.39, 0.29) is 11.2 Å². The van der Waals surface area contributed by atoms with Crippen molar-refractivity contribution >= 4 is 0 Å². The van der Waals surface area contributed by atoms with Crippen molar-refractivity contribution in [3.05, 3.63) is 0 Å². The van der Waals surface area contributed by atoms with E-state index in [9.17, 15) is 0 Å². The first-order chi connectivity index (χ1) is 7.29. The summed E-state index contributed by atoms with van der Waals surface area (Å²) in [5.41, 5.74) is 0.639. The Balaban J connectivity index is 1.90. The van der Waals surface area contributed by atoms with Crippen LogP contribution >= 0.6 is 0 Å². The van der Waals surface area contributed by atoms with E-state index in [0.29, 0.717) is 11.5 Å². The maximum Gasteiger partial charge on any atom is 0.0787 e. The zero-order chi connectivity index (χ0) is 12.0. The third-order valence-corrected chi connectivity index (χ3v) is 4.50. The summed E-state index contributed by atoms with van der Waals surface area (Å²) in [6, 6.07) is 0.506. The maximum atomic E-state index is 6.11. The van der Waals surface area contributed by atoms with Gasteiger partial charge < -0.3 is 10.1 Å². The minimum atomic E-state index is -0.0205. The lowest BCUT2D eigenvalue weighted by molar-refractivity contribution is -0.0700. The summed E-state index contributed by atoms with van der Waals surface area (Å²) >= 11 is 0. The molecule has 0 bridgehead atoms. The number of ether oxygens (including phenoxy) is 1. The number of rotatable bonds is 4. The second kappa shape index (κ2) is 3.71. The number of nitrogens with one attached hydrogen (secondary N) is 1. The van der Waals surface area contributed by atoms with Gasteiger partial charge in [-0.3, -0.25) is 0 Å². The Morgan fingerprint density at radius 1 is 1.19 bits per heavy atom. The Kier molecular flexibility index (Phi) is 2.87. The third kappa shape index (κ3) is 2.43. The summed E-state index contributed by atoms with van der Waals surface area (Å²) in [5, 5.41) is 3.76. The van der Waals surface area contributed by atoms with Gasteiger partial charge in [0.1, 0.15) is 0 Å². The average Bonchev–Trinajstić information content (AvgIpc) is 2.86. The van der Waals surface area contributed by atoms with E-state index in [1.54, 1.807) is 0 Å². The normalized spacial score (nSPS) is 33.9. The molecule has 0 aromatic heterocycles. The molecule has 0 spiro atoms. The van der Waals surface area contributed by atoms with Crippen molar-refractivity contribution < 1.29 is 4.74 Å². The van der Waals surface area contributed by atoms with Crippen molar-refractivity contribution in [2.45, 2.75) is 77.5 Å². The summed E-state index contributed by atoms with van der Waals surface area (Å²) < 4.78 is 6.11. The highest BCUT2D eigenvalue weighted by Crippen LogP contribution is 2.48. The van der Waals surface area contributed by atoms with E-state index >= 15 is 0 Å². The predicted octanol–water partition coefficient (Wildman–Crippen LogP) is 3.11. The van der Waals surface area contributed by atoms with Crippen LogP contribution in [0.1, 0.15) is 60.3 Å². The zero-order valence-corrected chi connectivity index (χ0v) is 11.5. The van der Waals surface area contributed by atoms with Crippen LogP contribution in [0.5, 0.6) is 0 Å². The molecule has 2 fully saturated rings. The SMILES string of the molecule is CCC1(CNC2CC(C)(C)OC2(C)C)CC1. The van der Waals surface area contributed by atoms with Gasteiger partial charge in [-0.15, -0.1) is 0 Å². The van der Waals surface area contributed by atoms with Crippen LogP contribution in [0.4, 0.5) is 0 Å². The monoisotopic (exact) mass is 225 g/mol. The molecule has 0 amide bonds. The van der Waals surface area contributed by atoms with Gasteiger partial charge in [-0.25, -0.2) is 0 Å². The first kappa shape index (κ1) is 12.4. The molecular formula is C14H27NO. The van der Waals surface area contributed by atoms with Crippen molar-refractivity contribution in [2.75, 3.05) is 6.54 Å². The van der Waals surface area contributed by atoms with Crippen LogP contribution in [-0.4, -0.2) is 23.8 Å². The molecule has 2 aliphatic rings. The van der Waals surface area contributed by atoms with E-state index in [4.69, 9.17) is 4.74 Å². The number of hydrogen-bond donors (Lipinski definition) is 1. The lowest BCUT2D eigenvalue weighted by Crippen LogP contribution is -2.45. The Morgan fingerprint density at radius 3 is 2.19 bits per heavy atom. The predicted molar refractivity (Wildman–Crippen MR) is 67.6 cm³/mol. The van der Waals surface area contributed by atoms with Crippen LogP contribution in [0.25, 0.3) is 0 Å². The molecule has 0 aromatic carbocycles. The van der Waals surface area contributed by atoms with E-state index in [1.165, 1.54) is 25.8 Å². The minimum Gasteiger partial charge on any atom is -0.368 e. The lowest BCUT2D eigenvalue weighted by Gasteiger charge is -2.29. The fourth-order valence-corrected chi connectivity index (χ4v) is 3.05. The van der Waals surface area contributed by atoms with Gasteiger partial charge in [0.15, 0.2) is 0 Å². The molecule has 1 heterocycles. The fraction of sp³-hybridized carbons (Fsp3) is 1.00. The standard InChI is InChI=1S/C14H27NO/c1-6-14(7-8-14)10-15-11-9-12(2,3)16-13(11,4)5/h11,15H,6-10H2,1-5H3. The first-order valence-electron chi connectivity index (χ1n) is 6.72. The molecule has 1 saturated heterocycles. The van der Waals surface area contributed by atoms with Crippen molar-refractivity contribution in [1.82, 2.24) is 5.32 Å². The van der Waals surface area contributed by atoms with E-state index < -0.39 is 0 Å². The molecule has 2 rings (SSSR count). The van der Waals surface area contributed by atoms with Crippen molar-refractivity contribution in [3.8, 4) is 0 Å². The third-order valence-electron chi connectivity index (χ3n) is 4.50. The largest absolute Gasteiger partial charge is 0.368 e. The summed E-state index contributed by atoms with van der Waals surface area (Å²) in [6.07, 6.45) is 5.26. The summed E-state index contributed by atoms with van der Waals surface area (Å²) in [6.45, 7) is 12.3. The fourth-order valence-electron chi connectivity index (χ4n) is 3.05. The smallest absolute Gasteiger partial charge is 0.0787 e. The van der Waals surface area contributed by atoms with Crippen LogP contribution in [0.15, 0.2) is 0 Å². The Bertz CT molecular complexity index is 266. The average molecular weight is 225 g/mol. The van der Waals surface area contributed by atoms with E-state index in [0.717, 1.165) is 6.42 Å². The summed E-state index contributed by atoms with van der Waals surface area (Å²) in [5.74, 6) is 0. The van der Waals surface area contributed by atoms with Crippen LogP contribution in [0, 0.1) is 5.41 Å². The molecule has 1 atom stereocenters. The van der Waals surface area contributed by atoms with Crippen molar-refractivity contribution in [2.24, 2.45) is 5.41 Å². The molecule has 94 valence electrons. The topological polar surface area (TPSA) is 21.3 Å². The highest BCUT2D eigenvalue weighted by Gasteiger charge is 2.47. The summed E-state index contributed by atoms with van der Waals surface area (Å²) in [4.78, 5) is 0. The Labute approximate surface area is 100 Å². The quantitative estimate of drug-likeness (QED) is 0.794. The molecule has 1 saturated carbocycles. The molecule has 2 nitrogen and oxygen atoms in total. The second-order valence-corrected chi connectivity index (χ2v) is 6.96.